The Morgan fingerprint density at radius 2 is 2.00 bits per heavy atom. The number of rotatable bonds is 7. The number of H-pyrrole nitrogens is 1. The van der Waals surface area contributed by atoms with Gasteiger partial charge in [0, 0.05) is 44.1 Å². The molecule has 1 saturated heterocycles. The van der Waals surface area contributed by atoms with Crippen LogP contribution in [-0.4, -0.2) is 51.0 Å². The topological polar surface area (TPSA) is 80.1 Å². The maximum absolute atomic E-state index is 6.03. The maximum atomic E-state index is 6.03. The van der Waals surface area contributed by atoms with Gasteiger partial charge in [-0.3, -0.25) is 10.00 Å². The Labute approximate surface area is 171 Å². The van der Waals surface area contributed by atoms with E-state index in [9.17, 15) is 0 Å². The number of nitrogens with zero attached hydrogens (tertiary/aromatic N) is 4. The van der Waals surface area contributed by atoms with Gasteiger partial charge in [-0.1, -0.05) is 17.3 Å². The van der Waals surface area contributed by atoms with Crippen molar-refractivity contribution < 1.29 is 9.26 Å². The Kier molecular flexibility index (Phi) is 6.06. The molecule has 1 aromatic carbocycles. The molecule has 1 aliphatic rings. The van der Waals surface area contributed by atoms with Crippen LogP contribution in [-0.2, 0) is 17.7 Å². The van der Waals surface area contributed by atoms with Crippen molar-refractivity contribution in [1.29, 1.82) is 0 Å². The molecule has 0 radical (unpaired) electrons. The number of aryl methyl sites for hydroxylation is 3. The van der Waals surface area contributed by atoms with E-state index in [4.69, 9.17) is 9.26 Å². The summed E-state index contributed by atoms with van der Waals surface area (Å²) in [5, 5.41) is 11.4. The van der Waals surface area contributed by atoms with E-state index < -0.39 is 0 Å². The number of ether oxygens (including phenoxy) is 1. The SMILES string of the molecule is Cc1nc(CCOC2CCN(Cc3cn[nH]c3-c3ccc(C)c(C)c3)CC2)no1. The van der Waals surface area contributed by atoms with Gasteiger partial charge in [0.1, 0.15) is 0 Å². The monoisotopic (exact) mass is 395 g/mol. The summed E-state index contributed by atoms with van der Waals surface area (Å²) in [6, 6.07) is 6.58. The highest BCUT2D eigenvalue weighted by Crippen LogP contribution is 2.25. The fourth-order valence-corrected chi connectivity index (χ4v) is 3.81. The normalized spacial score (nSPS) is 15.8. The smallest absolute Gasteiger partial charge is 0.223 e. The van der Waals surface area contributed by atoms with Crippen LogP contribution in [0.3, 0.4) is 0 Å². The molecule has 0 spiro atoms. The summed E-state index contributed by atoms with van der Waals surface area (Å²) in [6.45, 7) is 9.71. The summed E-state index contributed by atoms with van der Waals surface area (Å²) in [5.41, 5.74) is 6.20. The van der Waals surface area contributed by atoms with Crippen molar-refractivity contribution in [3.63, 3.8) is 0 Å². The van der Waals surface area contributed by atoms with Gasteiger partial charge in [0.15, 0.2) is 5.82 Å². The number of hydrogen-bond donors (Lipinski definition) is 1. The second kappa shape index (κ2) is 8.88. The summed E-state index contributed by atoms with van der Waals surface area (Å²) >= 11 is 0. The van der Waals surface area contributed by atoms with E-state index in [0.717, 1.165) is 44.0 Å². The van der Waals surface area contributed by atoms with E-state index in [0.29, 0.717) is 25.0 Å². The molecule has 7 nitrogen and oxygen atoms in total. The molecule has 0 unspecified atom stereocenters. The van der Waals surface area contributed by atoms with Crippen LogP contribution in [0.4, 0.5) is 0 Å². The van der Waals surface area contributed by atoms with Crippen LogP contribution >= 0.6 is 0 Å². The minimum absolute atomic E-state index is 0.308. The predicted octanol–water partition coefficient (Wildman–Crippen LogP) is 3.61. The van der Waals surface area contributed by atoms with E-state index in [1.807, 2.05) is 6.20 Å². The minimum atomic E-state index is 0.308. The molecule has 3 aromatic rings. The van der Waals surface area contributed by atoms with Gasteiger partial charge < -0.3 is 9.26 Å². The first kappa shape index (κ1) is 19.8. The predicted molar refractivity (Wildman–Crippen MR) is 110 cm³/mol. The van der Waals surface area contributed by atoms with Crippen LogP contribution in [0.1, 0.15) is 41.2 Å². The van der Waals surface area contributed by atoms with Crippen molar-refractivity contribution in [3.8, 4) is 11.3 Å². The molecule has 1 N–H and O–H groups in total. The van der Waals surface area contributed by atoms with E-state index in [1.165, 1.54) is 22.3 Å². The molecular formula is C22H29N5O2. The van der Waals surface area contributed by atoms with Gasteiger partial charge in [0.05, 0.1) is 24.6 Å². The van der Waals surface area contributed by atoms with Crippen LogP contribution in [0.15, 0.2) is 28.9 Å². The highest BCUT2D eigenvalue weighted by atomic mass is 16.5. The molecule has 154 valence electrons. The molecular weight excluding hydrogens is 366 g/mol. The Morgan fingerprint density at radius 3 is 2.72 bits per heavy atom. The Morgan fingerprint density at radius 1 is 1.17 bits per heavy atom. The highest BCUT2D eigenvalue weighted by molar-refractivity contribution is 5.64. The lowest BCUT2D eigenvalue weighted by Crippen LogP contribution is -2.36. The third-order valence-electron chi connectivity index (χ3n) is 5.69. The van der Waals surface area contributed by atoms with Gasteiger partial charge >= 0.3 is 0 Å². The molecule has 29 heavy (non-hydrogen) atoms. The number of aromatic amines is 1. The van der Waals surface area contributed by atoms with Crippen molar-refractivity contribution in [1.82, 2.24) is 25.2 Å². The van der Waals surface area contributed by atoms with Crippen LogP contribution < -0.4 is 0 Å². The molecule has 0 bridgehead atoms. The van der Waals surface area contributed by atoms with Crippen LogP contribution in [0.2, 0.25) is 0 Å². The average Bonchev–Trinajstić information content (AvgIpc) is 3.34. The van der Waals surface area contributed by atoms with Gasteiger partial charge in [0.25, 0.3) is 0 Å². The molecule has 4 rings (SSSR count). The minimum Gasteiger partial charge on any atom is -0.378 e. The summed E-state index contributed by atoms with van der Waals surface area (Å²) in [5.74, 6) is 1.33. The third-order valence-corrected chi connectivity index (χ3v) is 5.69. The molecule has 2 aromatic heterocycles. The average molecular weight is 396 g/mol. The summed E-state index contributed by atoms with van der Waals surface area (Å²) in [4.78, 5) is 6.70. The fraction of sp³-hybridized carbons (Fsp3) is 0.500. The second-order valence-electron chi connectivity index (χ2n) is 7.90. The van der Waals surface area contributed by atoms with E-state index in [-0.39, 0.29) is 0 Å². The molecule has 0 atom stereocenters. The zero-order valence-corrected chi connectivity index (χ0v) is 17.4. The number of benzene rings is 1. The standard InChI is InChI=1S/C22H29N5O2/c1-15-4-5-18(12-16(15)2)22-19(13-23-25-22)14-27-9-6-20(7-10-27)28-11-8-21-24-17(3)29-26-21/h4-5,12-13,20H,6-11,14H2,1-3H3,(H,23,25). The number of nitrogens with one attached hydrogen (secondary N) is 1. The lowest BCUT2D eigenvalue weighted by molar-refractivity contribution is 0.00679. The second-order valence-corrected chi connectivity index (χ2v) is 7.90. The molecule has 0 aliphatic carbocycles. The zero-order chi connectivity index (χ0) is 20.2. The number of piperidine rings is 1. The van der Waals surface area contributed by atoms with Crippen LogP contribution in [0, 0.1) is 20.8 Å². The summed E-state index contributed by atoms with van der Waals surface area (Å²) in [7, 11) is 0. The van der Waals surface area contributed by atoms with Crippen molar-refractivity contribution in [2.75, 3.05) is 19.7 Å². The van der Waals surface area contributed by atoms with E-state index >= 15 is 0 Å². The molecule has 0 saturated carbocycles. The Hall–Kier alpha value is -2.51. The van der Waals surface area contributed by atoms with Crippen LogP contribution in [0.25, 0.3) is 11.3 Å². The number of aromatic nitrogens is 4. The molecule has 7 heteroatoms. The lowest BCUT2D eigenvalue weighted by atomic mass is 10.0. The Bertz CT molecular complexity index is 940. The number of likely N-dealkylation sites (tertiary alicyclic amines) is 1. The Balaban J connectivity index is 1.27. The van der Waals surface area contributed by atoms with Gasteiger partial charge in [-0.05, 0) is 43.9 Å². The first-order valence-electron chi connectivity index (χ1n) is 10.3. The van der Waals surface area contributed by atoms with Crippen molar-refractivity contribution in [2.24, 2.45) is 0 Å². The fourth-order valence-electron chi connectivity index (χ4n) is 3.81. The maximum Gasteiger partial charge on any atom is 0.223 e. The van der Waals surface area contributed by atoms with E-state index in [2.05, 4.69) is 57.3 Å². The largest absolute Gasteiger partial charge is 0.378 e. The summed E-state index contributed by atoms with van der Waals surface area (Å²) < 4.78 is 11.0. The number of hydrogen-bond acceptors (Lipinski definition) is 6. The van der Waals surface area contributed by atoms with Crippen molar-refractivity contribution in [2.45, 2.75) is 52.7 Å². The molecule has 1 aliphatic heterocycles. The van der Waals surface area contributed by atoms with Crippen LogP contribution in [0.5, 0.6) is 0 Å². The molecule has 0 amide bonds. The highest BCUT2D eigenvalue weighted by Gasteiger charge is 2.21. The van der Waals surface area contributed by atoms with Crippen molar-refractivity contribution >= 4 is 0 Å². The quantitative estimate of drug-likeness (QED) is 0.658. The van der Waals surface area contributed by atoms with Gasteiger partial charge in [-0.2, -0.15) is 10.1 Å². The first-order chi connectivity index (χ1) is 14.1. The van der Waals surface area contributed by atoms with Gasteiger partial charge in [-0.25, -0.2) is 0 Å². The van der Waals surface area contributed by atoms with Gasteiger partial charge in [-0.15, -0.1) is 0 Å². The first-order valence-corrected chi connectivity index (χ1v) is 10.3. The zero-order valence-electron chi connectivity index (χ0n) is 17.4. The molecule has 3 heterocycles. The molecule has 1 fully saturated rings. The lowest BCUT2D eigenvalue weighted by Gasteiger charge is -2.31. The van der Waals surface area contributed by atoms with Gasteiger partial charge in [0.2, 0.25) is 5.89 Å². The van der Waals surface area contributed by atoms with Crippen molar-refractivity contribution in [3.05, 3.63) is 52.8 Å². The van der Waals surface area contributed by atoms with E-state index in [1.54, 1.807) is 6.92 Å². The third kappa shape index (κ3) is 4.92. The summed E-state index contributed by atoms with van der Waals surface area (Å²) in [6.07, 6.45) is 5.05.